The van der Waals surface area contributed by atoms with Gasteiger partial charge in [0.05, 0.1) is 52.8 Å². The number of methoxy groups -OCH3 is 2. The molecule has 0 bridgehead atoms. The average Bonchev–Trinajstić information content (AvgIpc) is 3.18. The van der Waals surface area contributed by atoms with E-state index in [4.69, 9.17) is 18.9 Å². The van der Waals surface area contributed by atoms with Crippen molar-refractivity contribution in [1.82, 2.24) is 4.57 Å². The Labute approximate surface area is 265 Å². The molecule has 0 aliphatic carbocycles. The lowest BCUT2D eigenvalue weighted by Gasteiger charge is -2.26. The van der Waals surface area contributed by atoms with E-state index in [1.807, 2.05) is 19.1 Å². The average molecular weight is 839 g/mol. The third-order valence-electron chi connectivity index (χ3n) is 5.92. The molecule has 0 spiro atoms. The molecule has 8 nitrogen and oxygen atoms in total. The minimum Gasteiger partial charge on any atom is -0.495 e. The predicted octanol–water partition coefficient (Wildman–Crippen LogP) is 5.19. The Morgan fingerprint density at radius 2 is 1.87 bits per heavy atom. The molecule has 39 heavy (non-hydrogen) atoms. The second-order valence-electron chi connectivity index (χ2n) is 8.27. The molecule has 0 N–H and O–H groups in total. The number of aromatic nitrogens is 1. The quantitative estimate of drug-likeness (QED) is 0.230. The lowest BCUT2D eigenvalue weighted by Crippen LogP contribution is -2.40. The topological polar surface area (TPSA) is 88.4 Å². The number of thiazole rings is 1. The summed E-state index contributed by atoms with van der Waals surface area (Å²) in [4.78, 5) is 32.4. The molecule has 0 radical (unpaired) electrons. The number of carbonyl (C=O) groups is 1. The summed E-state index contributed by atoms with van der Waals surface area (Å²) in [6.07, 6.45) is 1.81. The standard InChI is InChI=1S/C27H25BrI2N2O6S/c1-6-37-20-12-17(28)16(11-19(20)35-4)23-22(26(34)38-7-2)13(3)31-27-32(23)25(33)21(39-27)9-14-8-15(29)10-18(30)24(14)36-5/h8-12,23H,6-7H2,1-5H3/b21-9+/t23-/m1/s1. The normalized spacial score (nSPS) is 15.1. The third kappa shape index (κ3) is 5.93. The van der Waals surface area contributed by atoms with Crippen molar-refractivity contribution in [3.8, 4) is 17.2 Å². The van der Waals surface area contributed by atoms with Gasteiger partial charge in [0.25, 0.3) is 5.56 Å². The van der Waals surface area contributed by atoms with E-state index in [1.54, 1.807) is 50.8 Å². The molecule has 1 aliphatic rings. The first-order valence-corrected chi connectivity index (χ1v) is 15.6. The number of allylic oxidation sites excluding steroid dienone is 1. The SMILES string of the molecule is CCOC(=O)C1=C(C)N=c2s/c(=C/c3cc(I)cc(I)c3OC)c(=O)n2[C@@H]1c1cc(OC)c(OCC)cc1Br. The van der Waals surface area contributed by atoms with Gasteiger partial charge in [0, 0.05) is 13.6 Å². The molecule has 0 amide bonds. The fourth-order valence-electron chi connectivity index (χ4n) is 4.32. The number of hydrogen-bond donors (Lipinski definition) is 0. The molecular weight excluding hydrogens is 814 g/mol. The van der Waals surface area contributed by atoms with Gasteiger partial charge in [0.2, 0.25) is 0 Å². The largest absolute Gasteiger partial charge is 0.495 e. The second kappa shape index (κ2) is 12.7. The van der Waals surface area contributed by atoms with Crippen LogP contribution in [0.2, 0.25) is 0 Å². The highest BCUT2D eigenvalue weighted by atomic mass is 127. The van der Waals surface area contributed by atoms with Crippen LogP contribution in [0, 0.1) is 7.14 Å². The smallest absolute Gasteiger partial charge is 0.338 e. The van der Waals surface area contributed by atoms with E-state index in [-0.39, 0.29) is 17.7 Å². The number of ether oxygens (including phenoxy) is 4. The lowest BCUT2D eigenvalue weighted by molar-refractivity contribution is -0.139. The van der Waals surface area contributed by atoms with E-state index in [9.17, 15) is 9.59 Å². The van der Waals surface area contributed by atoms with Gasteiger partial charge in [0.15, 0.2) is 16.3 Å². The number of benzene rings is 2. The molecule has 3 aromatic rings. The monoisotopic (exact) mass is 838 g/mol. The summed E-state index contributed by atoms with van der Waals surface area (Å²) < 4.78 is 27.0. The Hall–Kier alpha value is -1.91. The van der Waals surface area contributed by atoms with Gasteiger partial charge in [-0.25, -0.2) is 9.79 Å². The molecule has 0 unspecified atom stereocenters. The van der Waals surface area contributed by atoms with Crippen LogP contribution in [-0.4, -0.2) is 38.0 Å². The molecule has 0 saturated carbocycles. The van der Waals surface area contributed by atoms with Crippen LogP contribution in [0.3, 0.4) is 0 Å². The van der Waals surface area contributed by atoms with Crippen LogP contribution in [0.25, 0.3) is 6.08 Å². The second-order valence-corrected chi connectivity index (χ2v) is 12.5. The van der Waals surface area contributed by atoms with Crippen molar-refractivity contribution in [2.75, 3.05) is 27.4 Å². The zero-order chi connectivity index (χ0) is 28.4. The van der Waals surface area contributed by atoms with Gasteiger partial charge in [-0.05, 0) is 102 Å². The first-order valence-electron chi connectivity index (χ1n) is 11.9. The van der Waals surface area contributed by atoms with Crippen molar-refractivity contribution in [2.45, 2.75) is 26.8 Å². The molecule has 0 fully saturated rings. The summed E-state index contributed by atoms with van der Waals surface area (Å²) in [6.45, 7) is 6.01. The van der Waals surface area contributed by atoms with Gasteiger partial charge >= 0.3 is 5.97 Å². The molecule has 4 rings (SSSR count). The van der Waals surface area contributed by atoms with Crippen LogP contribution < -0.4 is 29.1 Å². The summed E-state index contributed by atoms with van der Waals surface area (Å²) >= 11 is 9.35. The number of hydrogen-bond acceptors (Lipinski definition) is 8. The summed E-state index contributed by atoms with van der Waals surface area (Å²) in [5.74, 6) is 1.17. The maximum absolute atomic E-state index is 14.0. The van der Waals surface area contributed by atoms with Gasteiger partial charge in [-0.3, -0.25) is 9.36 Å². The van der Waals surface area contributed by atoms with Crippen molar-refractivity contribution in [2.24, 2.45) is 4.99 Å². The first kappa shape index (κ1) is 30.1. The minimum atomic E-state index is -0.806. The number of rotatable bonds is 8. The first-order chi connectivity index (χ1) is 18.6. The molecule has 12 heteroatoms. The van der Waals surface area contributed by atoms with Crippen LogP contribution >= 0.6 is 72.4 Å². The summed E-state index contributed by atoms with van der Waals surface area (Å²) in [7, 11) is 3.15. The fourth-order valence-corrected chi connectivity index (χ4v) is 8.00. The summed E-state index contributed by atoms with van der Waals surface area (Å²) in [5, 5.41) is 0. The fraction of sp³-hybridized carbons (Fsp3) is 0.296. The number of halogens is 3. The molecule has 1 aliphatic heterocycles. The summed E-state index contributed by atoms with van der Waals surface area (Å²) in [5.41, 5.74) is 1.90. The predicted molar refractivity (Wildman–Crippen MR) is 171 cm³/mol. The Kier molecular flexibility index (Phi) is 9.81. The van der Waals surface area contributed by atoms with Gasteiger partial charge < -0.3 is 18.9 Å². The van der Waals surface area contributed by atoms with Gasteiger partial charge in [0.1, 0.15) is 5.75 Å². The van der Waals surface area contributed by atoms with Crippen LogP contribution in [0.5, 0.6) is 17.2 Å². The van der Waals surface area contributed by atoms with Crippen molar-refractivity contribution in [3.63, 3.8) is 0 Å². The zero-order valence-electron chi connectivity index (χ0n) is 21.8. The molecule has 2 heterocycles. The van der Waals surface area contributed by atoms with E-state index in [0.717, 1.165) is 12.7 Å². The van der Waals surface area contributed by atoms with Crippen LogP contribution in [-0.2, 0) is 9.53 Å². The van der Waals surface area contributed by atoms with Gasteiger partial charge in [-0.1, -0.05) is 27.3 Å². The highest BCUT2D eigenvalue weighted by molar-refractivity contribution is 14.1. The van der Waals surface area contributed by atoms with E-state index >= 15 is 0 Å². The molecule has 206 valence electrons. The number of carbonyl (C=O) groups excluding carboxylic acids is 1. The van der Waals surface area contributed by atoms with Gasteiger partial charge in [-0.15, -0.1) is 0 Å². The zero-order valence-corrected chi connectivity index (χ0v) is 28.5. The Balaban J connectivity index is 2.03. The Bertz CT molecular complexity index is 1660. The Morgan fingerprint density at radius 1 is 1.13 bits per heavy atom. The maximum atomic E-state index is 14.0. The molecule has 1 aromatic heterocycles. The third-order valence-corrected chi connectivity index (χ3v) is 9.02. The van der Waals surface area contributed by atoms with E-state index in [0.29, 0.717) is 48.9 Å². The van der Waals surface area contributed by atoms with Crippen LogP contribution in [0.4, 0.5) is 0 Å². The molecule has 1 atom stereocenters. The number of nitrogens with zero attached hydrogens (tertiary/aromatic N) is 2. The van der Waals surface area contributed by atoms with Crippen LogP contribution in [0.15, 0.2) is 49.8 Å². The highest BCUT2D eigenvalue weighted by Gasteiger charge is 2.35. The van der Waals surface area contributed by atoms with Crippen molar-refractivity contribution in [1.29, 1.82) is 0 Å². The maximum Gasteiger partial charge on any atom is 0.338 e. The highest BCUT2D eigenvalue weighted by Crippen LogP contribution is 2.41. The van der Waals surface area contributed by atoms with Crippen molar-refractivity contribution < 1.29 is 23.7 Å². The van der Waals surface area contributed by atoms with Crippen molar-refractivity contribution in [3.05, 3.63) is 78.0 Å². The molecule has 2 aromatic carbocycles. The van der Waals surface area contributed by atoms with E-state index < -0.39 is 12.0 Å². The number of esters is 1. The Morgan fingerprint density at radius 3 is 2.51 bits per heavy atom. The van der Waals surface area contributed by atoms with E-state index in [2.05, 4.69) is 66.1 Å². The minimum absolute atomic E-state index is 0.186. The summed E-state index contributed by atoms with van der Waals surface area (Å²) in [6, 6.07) is 6.72. The molecule has 0 saturated heterocycles. The number of fused-ring (bicyclic) bond motifs is 1. The van der Waals surface area contributed by atoms with Gasteiger partial charge in [-0.2, -0.15) is 0 Å². The molecular formula is C27H25BrI2N2O6S. The van der Waals surface area contributed by atoms with Crippen molar-refractivity contribution >= 4 is 84.5 Å². The lowest BCUT2D eigenvalue weighted by atomic mass is 9.95. The van der Waals surface area contributed by atoms with Crippen LogP contribution in [0.1, 0.15) is 37.9 Å². The van der Waals surface area contributed by atoms with E-state index in [1.165, 1.54) is 11.3 Å².